The molecule has 0 aliphatic heterocycles. The standard InChI is InChI=1S/C22H22F2N2O/c1-14-11-15(2)26(13-17-9-10-19(23)20(24)12-17)21(14)22(27)25-16(3)18-7-5-4-6-8-18/h4-12,16H,13H2,1-3H3,(H,25,27)/t16-/m0/s1. The average Bonchev–Trinajstić information content (AvgIpc) is 2.92. The molecule has 1 atom stereocenters. The minimum Gasteiger partial charge on any atom is -0.344 e. The number of amides is 1. The van der Waals surface area contributed by atoms with E-state index < -0.39 is 11.6 Å². The van der Waals surface area contributed by atoms with Crippen LogP contribution >= 0.6 is 0 Å². The van der Waals surface area contributed by atoms with Gasteiger partial charge in [-0.3, -0.25) is 4.79 Å². The van der Waals surface area contributed by atoms with Gasteiger partial charge in [0.25, 0.3) is 5.91 Å². The largest absolute Gasteiger partial charge is 0.344 e. The lowest BCUT2D eigenvalue weighted by molar-refractivity contribution is 0.0930. The van der Waals surface area contributed by atoms with Crippen molar-refractivity contribution in [2.75, 3.05) is 0 Å². The maximum atomic E-state index is 13.5. The van der Waals surface area contributed by atoms with Gasteiger partial charge in [-0.1, -0.05) is 36.4 Å². The molecule has 5 heteroatoms. The number of aryl methyl sites for hydroxylation is 2. The third-order valence-corrected chi connectivity index (χ3v) is 4.68. The summed E-state index contributed by atoms with van der Waals surface area (Å²) >= 11 is 0. The van der Waals surface area contributed by atoms with Crippen molar-refractivity contribution in [3.8, 4) is 0 Å². The van der Waals surface area contributed by atoms with E-state index in [1.165, 1.54) is 12.1 Å². The first-order chi connectivity index (χ1) is 12.9. The zero-order chi connectivity index (χ0) is 19.6. The Hall–Kier alpha value is -2.95. The van der Waals surface area contributed by atoms with Crippen molar-refractivity contribution in [3.63, 3.8) is 0 Å². The van der Waals surface area contributed by atoms with Gasteiger partial charge < -0.3 is 9.88 Å². The molecule has 0 bridgehead atoms. The van der Waals surface area contributed by atoms with Crippen LogP contribution in [0.1, 0.15) is 45.8 Å². The Labute approximate surface area is 157 Å². The summed E-state index contributed by atoms with van der Waals surface area (Å²) in [6.45, 7) is 5.98. The van der Waals surface area contributed by atoms with Crippen LogP contribution in [0.25, 0.3) is 0 Å². The number of nitrogens with one attached hydrogen (secondary N) is 1. The van der Waals surface area contributed by atoms with Gasteiger partial charge in [0.1, 0.15) is 5.69 Å². The number of nitrogens with zero attached hydrogens (tertiary/aromatic N) is 1. The maximum absolute atomic E-state index is 13.5. The first-order valence-electron chi connectivity index (χ1n) is 8.83. The zero-order valence-corrected chi connectivity index (χ0v) is 15.6. The first kappa shape index (κ1) is 18.8. The van der Waals surface area contributed by atoms with E-state index in [9.17, 15) is 13.6 Å². The summed E-state index contributed by atoms with van der Waals surface area (Å²) in [4.78, 5) is 12.9. The van der Waals surface area contributed by atoms with Crippen molar-refractivity contribution in [1.29, 1.82) is 0 Å². The summed E-state index contributed by atoms with van der Waals surface area (Å²) in [7, 11) is 0. The fraction of sp³-hybridized carbons (Fsp3) is 0.227. The van der Waals surface area contributed by atoms with Crippen LogP contribution in [0.5, 0.6) is 0 Å². The number of benzene rings is 2. The highest BCUT2D eigenvalue weighted by Crippen LogP contribution is 2.20. The number of rotatable bonds is 5. The molecule has 3 rings (SSSR count). The fourth-order valence-corrected chi connectivity index (χ4v) is 3.26. The summed E-state index contributed by atoms with van der Waals surface area (Å²) in [6, 6.07) is 15.3. The fourth-order valence-electron chi connectivity index (χ4n) is 3.26. The van der Waals surface area contributed by atoms with E-state index in [1.807, 2.05) is 61.7 Å². The number of halogens is 2. The lowest BCUT2D eigenvalue weighted by atomic mass is 10.1. The topological polar surface area (TPSA) is 34.0 Å². The number of carbonyl (C=O) groups is 1. The molecule has 1 N–H and O–H groups in total. The van der Waals surface area contributed by atoms with Gasteiger partial charge in [0, 0.05) is 12.2 Å². The number of hydrogen-bond donors (Lipinski definition) is 1. The van der Waals surface area contributed by atoms with Crippen molar-refractivity contribution in [1.82, 2.24) is 9.88 Å². The summed E-state index contributed by atoms with van der Waals surface area (Å²) in [5, 5.41) is 3.02. The number of aromatic nitrogens is 1. The third-order valence-electron chi connectivity index (χ3n) is 4.68. The zero-order valence-electron chi connectivity index (χ0n) is 15.6. The van der Waals surface area contributed by atoms with Gasteiger partial charge in [0.2, 0.25) is 0 Å². The normalized spacial score (nSPS) is 12.0. The first-order valence-corrected chi connectivity index (χ1v) is 8.83. The van der Waals surface area contributed by atoms with E-state index in [2.05, 4.69) is 5.32 Å². The van der Waals surface area contributed by atoms with Crippen LogP contribution in [0.4, 0.5) is 8.78 Å². The van der Waals surface area contributed by atoms with Gasteiger partial charge in [0.15, 0.2) is 11.6 Å². The van der Waals surface area contributed by atoms with E-state index in [1.54, 1.807) is 0 Å². The van der Waals surface area contributed by atoms with Gasteiger partial charge in [0.05, 0.1) is 6.04 Å². The molecule has 0 saturated heterocycles. The highest BCUT2D eigenvalue weighted by Gasteiger charge is 2.20. The second-order valence-electron chi connectivity index (χ2n) is 6.76. The van der Waals surface area contributed by atoms with Crippen molar-refractivity contribution in [3.05, 3.63) is 94.3 Å². The molecule has 27 heavy (non-hydrogen) atoms. The minimum atomic E-state index is -0.891. The number of carbonyl (C=O) groups excluding carboxylic acids is 1. The molecule has 0 aliphatic carbocycles. The molecule has 0 spiro atoms. The van der Waals surface area contributed by atoms with Gasteiger partial charge in [-0.05, 0) is 55.7 Å². The highest BCUT2D eigenvalue weighted by atomic mass is 19.2. The van der Waals surface area contributed by atoms with Gasteiger partial charge in [-0.25, -0.2) is 8.78 Å². The van der Waals surface area contributed by atoms with Gasteiger partial charge in [-0.15, -0.1) is 0 Å². The third kappa shape index (κ3) is 4.08. The molecule has 1 heterocycles. The molecule has 0 fully saturated rings. The van der Waals surface area contributed by atoms with Crippen LogP contribution in [0.2, 0.25) is 0 Å². The van der Waals surface area contributed by atoms with Gasteiger partial charge >= 0.3 is 0 Å². The van der Waals surface area contributed by atoms with E-state index in [-0.39, 0.29) is 11.9 Å². The molecule has 1 aromatic heterocycles. The molecular weight excluding hydrogens is 346 g/mol. The van der Waals surface area contributed by atoms with Crippen LogP contribution < -0.4 is 5.32 Å². The molecule has 0 radical (unpaired) electrons. The Kier molecular flexibility index (Phi) is 5.40. The van der Waals surface area contributed by atoms with Crippen LogP contribution in [0.15, 0.2) is 54.6 Å². The summed E-state index contributed by atoms with van der Waals surface area (Å²) < 4.78 is 28.6. The minimum absolute atomic E-state index is 0.148. The Balaban J connectivity index is 1.87. The Bertz CT molecular complexity index is 964. The lowest BCUT2D eigenvalue weighted by Crippen LogP contribution is -2.29. The number of hydrogen-bond acceptors (Lipinski definition) is 1. The van der Waals surface area contributed by atoms with E-state index >= 15 is 0 Å². The molecule has 3 nitrogen and oxygen atoms in total. The Morgan fingerprint density at radius 3 is 2.41 bits per heavy atom. The predicted molar refractivity (Wildman–Crippen MR) is 102 cm³/mol. The van der Waals surface area contributed by atoms with E-state index in [0.29, 0.717) is 17.8 Å². The quantitative estimate of drug-likeness (QED) is 0.681. The smallest absolute Gasteiger partial charge is 0.268 e. The molecule has 0 unspecified atom stereocenters. The van der Waals surface area contributed by atoms with Crippen molar-refractivity contribution >= 4 is 5.91 Å². The van der Waals surface area contributed by atoms with Crippen LogP contribution in [-0.4, -0.2) is 10.5 Å². The van der Waals surface area contributed by atoms with E-state index in [4.69, 9.17) is 0 Å². The molecule has 0 aliphatic rings. The summed E-state index contributed by atoms with van der Waals surface area (Å²) in [5.41, 5.74) is 3.86. The molecule has 1 amide bonds. The summed E-state index contributed by atoms with van der Waals surface area (Å²) in [6.07, 6.45) is 0. The second kappa shape index (κ2) is 7.74. The Morgan fingerprint density at radius 1 is 1.04 bits per heavy atom. The maximum Gasteiger partial charge on any atom is 0.268 e. The van der Waals surface area contributed by atoms with Crippen LogP contribution in [0.3, 0.4) is 0 Å². The summed E-state index contributed by atoms with van der Waals surface area (Å²) in [5.74, 6) is -1.97. The molecule has 3 aromatic rings. The van der Waals surface area contributed by atoms with Crippen LogP contribution in [-0.2, 0) is 6.54 Å². The molecule has 140 valence electrons. The average molecular weight is 368 g/mol. The van der Waals surface area contributed by atoms with Crippen LogP contribution in [0, 0.1) is 25.5 Å². The molecular formula is C22H22F2N2O. The van der Waals surface area contributed by atoms with Crippen molar-refractivity contribution in [2.45, 2.75) is 33.4 Å². The molecule has 2 aromatic carbocycles. The predicted octanol–water partition coefficient (Wildman–Crippen LogP) is 4.92. The lowest BCUT2D eigenvalue weighted by Gasteiger charge is -2.17. The van der Waals surface area contributed by atoms with Crippen molar-refractivity contribution < 1.29 is 13.6 Å². The SMILES string of the molecule is Cc1cc(C)n(Cc2ccc(F)c(F)c2)c1C(=O)N[C@@H](C)c1ccccc1. The second-order valence-corrected chi connectivity index (χ2v) is 6.76. The monoisotopic (exact) mass is 368 g/mol. The van der Waals surface area contributed by atoms with Gasteiger partial charge in [-0.2, -0.15) is 0 Å². The van der Waals surface area contributed by atoms with Crippen molar-refractivity contribution in [2.24, 2.45) is 0 Å². The van der Waals surface area contributed by atoms with E-state index in [0.717, 1.165) is 22.9 Å². The highest BCUT2D eigenvalue weighted by molar-refractivity contribution is 5.94. The Morgan fingerprint density at radius 2 is 1.74 bits per heavy atom. The molecule has 0 saturated carbocycles.